The number of alkyl halides is 3. The standard InChI is InChI=1S/C28H26ClF3N4O3/c1-3-27(39,4-2)26(38)33-15-17-8-13-22(29)20(14-17)25(37)35-23-6-5-7-24-21(23)16-34-36(24)19-11-9-18(10-12-19)28(30,31)32/h5-14,16,39H,3-4,15H2,1-2H3,(H,33,38)(H,35,37). The lowest BCUT2D eigenvalue weighted by Crippen LogP contribution is -2.45. The Balaban J connectivity index is 1.55. The van der Waals surface area contributed by atoms with E-state index in [1.807, 2.05) is 0 Å². The van der Waals surface area contributed by atoms with Gasteiger partial charge in [0, 0.05) is 11.9 Å². The van der Waals surface area contributed by atoms with Gasteiger partial charge in [-0.15, -0.1) is 0 Å². The van der Waals surface area contributed by atoms with Crippen LogP contribution in [0.15, 0.2) is 66.9 Å². The lowest BCUT2D eigenvalue weighted by atomic mass is 9.96. The van der Waals surface area contributed by atoms with E-state index in [2.05, 4.69) is 15.7 Å². The Morgan fingerprint density at radius 2 is 1.72 bits per heavy atom. The van der Waals surface area contributed by atoms with Gasteiger partial charge in [-0.1, -0.05) is 37.6 Å². The topological polar surface area (TPSA) is 96.2 Å². The van der Waals surface area contributed by atoms with Gasteiger partial charge in [-0.25, -0.2) is 4.68 Å². The predicted octanol–water partition coefficient (Wildman–Crippen LogP) is 6.12. The number of aliphatic hydroxyl groups is 1. The summed E-state index contributed by atoms with van der Waals surface area (Å²) in [6.45, 7) is 3.54. The molecular formula is C28H26ClF3N4O3. The van der Waals surface area contributed by atoms with E-state index in [4.69, 9.17) is 11.6 Å². The number of halogens is 4. The van der Waals surface area contributed by atoms with Crippen LogP contribution in [0.25, 0.3) is 16.6 Å². The fourth-order valence-corrected chi connectivity index (χ4v) is 4.32. The second-order valence-electron chi connectivity index (χ2n) is 9.03. The van der Waals surface area contributed by atoms with Crippen molar-refractivity contribution in [3.05, 3.63) is 88.6 Å². The van der Waals surface area contributed by atoms with E-state index in [-0.39, 0.29) is 30.0 Å². The van der Waals surface area contributed by atoms with Crippen molar-refractivity contribution in [1.82, 2.24) is 15.1 Å². The first-order valence-electron chi connectivity index (χ1n) is 12.2. The quantitative estimate of drug-likeness (QED) is 0.243. The first kappa shape index (κ1) is 28.1. The highest BCUT2D eigenvalue weighted by Gasteiger charge is 2.31. The molecular weight excluding hydrogens is 533 g/mol. The summed E-state index contributed by atoms with van der Waals surface area (Å²) in [6.07, 6.45) is -2.39. The molecule has 0 fully saturated rings. The van der Waals surface area contributed by atoms with Crippen LogP contribution in [0.3, 0.4) is 0 Å². The predicted molar refractivity (Wildman–Crippen MR) is 143 cm³/mol. The molecule has 1 heterocycles. The Hall–Kier alpha value is -3.89. The smallest absolute Gasteiger partial charge is 0.380 e. The van der Waals surface area contributed by atoms with E-state index in [0.29, 0.717) is 27.8 Å². The van der Waals surface area contributed by atoms with Crippen molar-refractivity contribution >= 4 is 40.0 Å². The van der Waals surface area contributed by atoms with Gasteiger partial charge in [-0.3, -0.25) is 9.59 Å². The maximum Gasteiger partial charge on any atom is 0.416 e. The fraction of sp³-hybridized carbons (Fsp3) is 0.250. The van der Waals surface area contributed by atoms with E-state index < -0.39 is 29.2 Å². The van der Waals surface area contributed by atoms with Gasteiger partial charge >= 0.3 is 6.18 Å². The second kappa shape index (κ2) is 11.1. The van der Waals surface area contributed by atoms with Crippen molar-refractivity contribution in [3.63, 3.8) is 0 Å². The SMILES string of the molecule is CCC(O)(CC)C(=O)NCc1ccc(Cl)c(C(=O)Nc2cccc3c2cnn3-c2ccc(C(F)(F)F)cc2)c1. The van der Waals surface area contributed by atoms with Crippen molar-refractivity contribution in [1.29, 1.82) is 0 Å². The molecule has 3 N–H and O–H groups in total. The molecule has 1 aromatic heterocycles. The van der Waals surface area contributed by atoms with Gasteiger partial charge in [0.05, 0.1) is 39.2 Å². The molecule has 0 saturated carbocycles. The number of carbonyl (C=O) groups excluding carboxylic acids is 2. The zero-order valence-electron chi connectivity index (χ0n) is 21.1. The number of fused-ring (bicyclic) bond motifs is 1. The van der Waals surface area contributed by atoms with Crippen LogP contribution < -0.4 is 10.6 Å². The molecule has 4 rings (SSSR count). The second-order valence-corrected chi connectivity index (χ2v) is 9.44. The number of nitrogens with zero attached hydrogens (tertiary/aromatic N) is 2. The monoisotopic (exact) mass is 558 g/mol. The third-order valence-corrected chi connectivity index (χ3v) is 6.95. The van der Waals surface area contributed by atoms with Gasteiger partial charge in [0.15, 0.2) is 0 Å². The third-order valence-electron chi connectivity index (χ3n) is 6.62. The van der Waals surface area contributed by atoms with E-state index in [0.717, 1.165) is 12.1 Å². The Bertz CT molecular complexity index is 1510. The zero-order valence-corrected chi connectivity index (χ0v) is 21.9. The minimum Gasteiger partial charge on any atom is -0.380 e. The lowest BCUT2D eigenvalue weighted by Gasteiger charge is -2.23. The molecule has 11 heteroatoms. The number of rotatable bonds is 8. The van der Waals surface area contributed by atoms with Crippen LogP contribution in [0, 0.1) is 0 Å². The van der Waals surface area contributed by atoms with Gasteiger partial charge in [0.25, 0.3) is 11.8 Å². The summed E-state index contributed by atoms with van der Waals surface area (Å²) in [5, 5.41) is 21.0. The van der Waals surface area contributed by atoms with Crippen molar-refractivity contribution in [2.75, 3.05) is 5.32 Å². The fourth-order valence-electron chi connectivity index (χ4n) is 4.12. The minimum atomic E-state index is -4.44. The van der Waals surface area contributed by atoms with E-state index in [1.165, 1.54) is 23.0 Å². The van der Waals surface area contributed by atoms with Crippen LogP contribution in [-0.2, 0) is 17.5 Å². The largest absolute Gasteiger partial charge is 0.416 e. The van der Waals surface area contributed by atoms with Crippen LogP contribution >= 0.6 is 11.6 Å². The summed E-state index contributed by atoms with van der Waals surface area (Å²) < 4.78 is 40.3. The molecule has 0 radical (unpaired) electrons. The summed E-state index contributed by atoms with van der Waals surface area (Å²) in [6, 6.07) is 14.5. The maximum atomic E-state index is 13.2. The minimum absolute atomic E-state index is 0.0913. The van der Waals surface area contributed by atoms with Crippen molar-refractivity contribution in [2.24, 2.45) is 0 Å². The molecule has 0 aliphatic heterocycles. The zero-order chi connectivity index (χ0) is 28.4. The number of hydrogen-bond donors (Lipinski definition) is 3. The van der Waals surface area contributed by atoms with E-state index >= 15 is 0 Å². The number of amides is 2. The average molecular weight is 559 g/mol. The molecule has 2 amide bonds. The van der Waals surface area contributed by atoms with Crippen molar-refractivity contribution < 1.29 is 27.9 Å². The molecule has 0 atom stereocenters. The van der Waals surface area contributed by atoms with Gasteiger partial charge in [-0.05, 0) is 66.9 Å². The number of nitrogens with one attached hydrogen (secondary N) is 2. The molecule has 39 heavy (non-hydrogen) atoms. The number of benzene rings is 3. The first-order chi connectivity index (χ1) is 18.5. The van der Waals surface area contributed by atoms with Gasteiger partial charge in [-0.2, -0.15) is 18.3 Å². The highest BCUT2D eigenvalue weighted by Crippen LogP contribution is 2.31. The number of carbonyl (C=O) groups is 2. The van der Waals surface area contributed by atoms with E-state index in [1.54, 1.807) is 50.2 Å². The van der Waals surface area contributed by atoms with Crippen LogP contribution in [-0.4, -0.2) is 32.3 Å². The lowest BCUT2D eigenvalue weighted by molar-refractivity contribution is -0.140. The first-order valence-corrected chi connectivity index (χ1v) is 12.6. The molecule has 3 aromatic carbocycles. The third kappa shape index (κ3) is 5.91. The van der Waals surface area contributed by atoms with Gasteiger partial charge in [0.2, 0.25) is 0 Å². The Labute approximate surface area is 227 Å². The molecule has 204 valence electrons. The van der Waals surface area contributed by atoms with Crippen LogP contribution in [0.5, 0.6) is 0 Å². The molecule has 4 aromatic rings. The summed E-state index contributed by atoms with van der Waals surface area (Å²) in [5.41, 5.74) is 0.00216. The van der Waals surface area contributed by atoms with Crippen molar-refractivity contribution in [3.8, 4) is 5.69 Å². The van der Waals surface area contributed by atoms with Crippen LogP contribution in [0.1, 0.15) is 48.2 Å². The molecule has 0 saturated heterocycles. The molecule has 7 nitrogen and oxygen atoms in total. The normalized spacial score (nSPS) is 12.0. The molecule has 0 spiro atoms. The summed E-state index contributed by atoms with van der Waals surface area (Å²) in [4.78, 5) is 25.6. The summed E-state index contributed by atoms with van der Waals surface area (Å²) in [7, 11) is 0. The Morgan fingerprint density at radius 3 is 2.36 bits per heavy atom. The van der Waals surface area contributed by atoms with Crippen LogP contribution in [0.4, 0.5) is 18.9 Å². The number of aromatic nitrogens is 2. The summed E-state index contributed by atoms with van der Waals surface area (Å²) in [5.74, 6) is -0.994. The number of hydrogen-bond acceptors (Lipinski definition) is 4. The number of anilines is 1. The average Bonchev–Trinajstić information content (AvgIpc) is 3.36. The van der Waals surface area contributed by atoms with E-state index in [9.17, 15) is 27.9 Å². The van der Waals surface area contributed by atoms with Crippen molar-refractivity contribution in [2.45, 2.75) is 45.0 Å². The van der Waals surface area contributed by atoms with Gasteiger partial charge < -0.3 is 15.7 Å². The molecule has 0 unspecified atom stereocenters. The maximum absolute atomic E-state index is 13.2. The van der Waals surface area contributed by atoms with Crippen LogP contribution in [0.2, 0.25) is 5.02 Å². The van der Waals surface area contributed by atoms with Gasteiger partial charge in [0.1, 0.15) is 5.60 Å². The molecule has 0 aliphatic rings. The molecule has 0 bridgehead atoms. The summed E-state index contributed by atoms with van der Waals surface area (Å²) >= 11 is 6.30. The highest BCUT2D eigenvalue weighted by molar-refractivity contribution is 6.34. The highest BCUT2D eigenvalue weighted by atomic mass is 35.5. The molecule has 0 aliphatic carbocycles. The Morgan fingerprint density at radius 1 is 1.03 bits per heavy atom. The Kier molecular flexibility index (Phi) is 7.99.